The Morgan fingerprint density at radius 2 is 1.60 bits per heavy atom. The maximum absolute atomic E-state index is 13.6. The van der Waals surface area contributed by atoms with Gasteiger partial charge in [-0.2, -0.15) is 0 Å². The molecule has 1 saturated heterocycles. The van der Waals surface area contributed by atoms with E-state index in [9.17, 15) is 14.4 Å². The predicted octanol–water partition coefficient (Wildman–Crippen LogP) is 2.55. The van der Waals surface area contributed by atoms with Gasteiger partial charge in [0.15, 0.2) is 0 Å². The van der Waals surface area contributed by atoms with E-state index >= 15 is 0 Å². The van der Waals surface area contributed by atoms with Crippen molar-refractivity contribution in [1.29, 1.82) is 0 Å². The molecule has 0 aliphatic carbocycles. The van der Waals surface area contributed by atoms with E-state index in [1.165, 1.54) is 11.8 Å². The summed E-state index contributed by atoms with van der Waals surface area (Å²) in [4.78, 5) is 46.5. The molecule has 11 heteroatoms. The zero-order valence-corrected chi connectivity index (χ0v) is 26.9. The fourth-order valence-electron chi connectivity index (χ4n) is 5.19. The van der Waals surface area contributed by atoms with Crippen molar-refractivity contribution in [2.24, 2.45) is 0 Å². The molecular weight excluding hydrogens is 597 g/mol. The minimum atomic E-state index is -1.43. The topological polar surface area (TPSA) is 97.2 Å². The quantitative estimate of drug-likeness (QED) is 0.366. The molecule has 0 radical (unpaired) electrons. The standard InChI is InChI=1S/C31H38AsN5O5/c1-31(2,3)42-30(40)37-25-20-36(29(39)26(41-5)21-9-7-6-8-10-21)19-24(25)27(33-37)32-28(38)22-11-13-23(14-12-22)35-17-15-34(4)16-18-35/h6-14,26,32H,15-20H2,1-5H3. The molecule has 0 saturated carbocycles. The van der Waals surface area contributed by atoms with Gasteiger partial charge in [-0.15, -0.1) is 0 Å². The van der Waals surface area contributed by atoms with Crippen molar-refractivity contribution in [3.63, 3.8) is 0 Å². The van der Waals surface area contributed by atoms with Crippen LogP contribution in [0.2, 0.25) is 0 Å². The number of anilines is 1. The fraction of sp³-hybridized carbons (Fsp3) is 0.419. The number of ether oxygens (including phenoxy) is 2. The molecule has 1 amide bonds. The van der Waals surface area contributed by atoms with Gasteiger partial charge in [0.1, 0.15) is 0 Å². The van der Waals surface area contributed by atoms with Gasteiger partial charge in [0.2, 0.25) is 0 Å². The summed E-state index contributed by atoms with van der Waals surface area (Å²) >= 11 is -1.43. The number of aromatic nitrogens is 2. The Bertz CT molecular complexity index is 1440. The summed E-state index contributed by atoms with van der Waals surface area (Å²) in [5, 5.41) is 4.59. The van der Waals surface area contributed by atoms with E-state index in [1.54, 1.807) is 25.7 Å². The summed E-state index contributed by atoms with van der Waals surface area (Å²) in [6.45, 7) is 9.71. The minimum absolute atomic E-state index is 0.0143. The number of hydrogen-bond acceptors (Lipinski definition) is 8. The second-order valence-electron chi connectivity index (χ2n) is 11.7. The second kappa shape index (κ2) is 12.4. The van der Waals surface area contributed by atoms with Crippen molar-refractivity contribution in [3.05, 3.63) is 77.0 Å². The third-order valence-electron chi connectivity index (χ3n) is 7.45. The molecule has 0 bridgehead atoms. The first kappa shape index (κ1) is 30.0. The van der Waals surface area contributed by atoms with E-state index in [1.807, 2.05) is 54.6 Å². The van der Waals surface area contributed by atoms with Crippen LogP contribution in [0.5, 0.6) is 0 Å². The fourth-order valence-corrected chi connectivity index (χ4v) is 7.40. The average Bonchev–Trinajstić information content (AvgIpc) is 3.54. The van der Waals surface area contributed by atoms with E-state index in [0.717, 1.165) is 43.0 Å². The summed E-state index contributed by atoms with van der Waals surface area (Å²) in [5.74, 6) is -0.215. The van der Waals surface area contributed by atoms with Gasteiger partial charge in [-0.1, -0.05) is 0 Å². The summed E-state index contributed by atoms with van der Waals surface area (Å²) < 4.78 is 13.0. The van der Waals surface area contributed by atoms with Crippen molar-refractivity contribution in [2.45, 2.75) is 45.6 Å². The first-order valence-corrected chi connectivity index (χ1v) is 16.2. The van der Waals surface area contributed by atoms with Gasteiger partial charge in [0.25, 0.3) is 0 Å². The molecule has 222 valence electrons. The molecule has 0 spiro atoms. The molecule has 2 atom stereocenters. The first-order chi connectivity index (χ1) is 20.0. The average molecular weight is 636 g/mol. The molecular formula is C31H38AsN5O5. The number of benzene rings is 2. The van der Waals surface area contributed by atoms with E-state index in [4.69, 9.17) is 9.47 Å². The van der Waals surface area contributed by atoms with Gasteiger partial charge in [-0.25, -0.2) is 0 Å². The van der Waals surface area contributed by atoms with Crippen LogP contribution in [0.25, 0.3) is 0 Å². The maximum atomic E-state index is 13.6. The van der Waals surface area contributed by atoms with Crippen molar-refractivity contribution < 1.29 is 23.9 Å². The van der Waals surface area contributed by atoms with Gasteiger partial charge in [0, 0.05) is 0 Å². The van der Waals surface area contributed by atoms with Crippen molar-refractivity contribution >= 4 is 42.5 Å². The molecule has 5 rings (SSSR count). The van der Waals surface area contributed by atoms with Crippen molar-refractivity contribution in [3.8, 4) is 0 Å². The second-order valence-corrected chi connectivity index (χ2v) is 14.1. The number of rotatable bonds is 7. The molecule has 2 unspecified atom stereocenters. The van der Waals surface area contributed by atoms with Crippen LogP contribution in [0.4, 0.5) is 10.5 Å². The van der Waals surface area contributed by atoms with Crippen LogP contribution >= 0.6 is 0 Å². The Kier molecular flexibility index (Phi) is 8.87. The third kappa shape index (κ3) is 6.61. The number of nitrogens with zero attached hydrogens (tertiary/aromatic N) is 5. The Hall–Kier alpha value is -3.46. The molecule has 2 aliphatic rings. The summed E-state index contributed by atoms with van der Waals surface area (Å²) in [6.07, 6.45) is -1.40. The number of carbonyl (C=O) groups excluding carboxylic acids is 3. The SMILES string of the molecule is COC(C(=O)N1Cc2c([AsH]C(=O)c3ccc(N4CCN(C)CC4)cc3)nn(C(=O)OC(C)(C)C)c2C1)c1ccccc1. The number of fused-ring (bicyclic) bond motifs is 1. The normalized spacial score (nSPS) is 16.6. The van der Waals surface area contributed by atoms with E-state index < -0.39 is 33.6 Å². The molecule has 2 aromatic carbocycles. The van der Waals surface area contributed by atoms with Gasteiger partial charge in [-0.05, 0) is 0 Å². The number of piperazine rings is 1. The number of methoxy groups -OCH3 is 1. The molecule has 2 aliphatic heterocycles. The van der Waals surface area contributed by atoms with Crippen molar-refractivity contribution in [1.82, 2.24) is 19.6 Å². The number of likely N-dealkylation sites (N-methyl/N-ethyl adjacent to an activating group) is 1. The van der Waals surface area contributed by atoms with E-state index in [2.05, 4.69) is 21.9 Å². The van der Waals surface area contributed by atoms with Gasteiger partial charge in [-0.3, -0.25) is 0 Å². The number of carbonyl (C=O) groups is 3. The van der Waals surface area contributed by atoms with Crippen LogP contribution in [-0.4, -0.2) is 97.8 Å². The Balaban J connectivity index is 1.37. The van der Waals surface area contributed by atoms with Gasteiger partial charge in [0.05, 0.1) is 0 Å². The summed E-state index contributed by atoms with van der Waals surface area (Å²) in [7, 11) is 3.63. The van der Waals surface area contributed by atoms with Crippen LogP contribution in [-0.2, 0) is 27.4 Å². The Labute approximate surface area is 253 Å². The van der Waals surface area contributed by atoms with Gasteiger partial charge >= 0.3 is 254 Å². The molecule has 42 heavy (non-hydrogen) atoms. The number of amides is 1. The van der Waals surface area contributed by atoms with Crippen LogP contribution in [0.3, 0.4) is 0 Å². The molecule has 3 aromatic rings. The molecule has 1 aromatic heterocycles. The Morgan fingerprint density at radius 1 is 0.929 bits per heavy atom. The van der Waals surface area contributed by atoms with Crippen molar-refractivity contribution in [2.75, 3.05) is 45.2 Å². The van der Waals surface area contributed by atoms with Crippen LogP contribution in [0.1, 0.15) is 54.1 Å². The van der Waals surface area contributed by atoms with E-state index in [0.29, 0.717) is 15.7 Å². The van der Waals surface area contributed by atoms with Gasteiger partial charge < -0.3 is 0 Å². The zero-order chi connectivity index (χ0) is 30.0. The predicted molar refractivity (Wildman–Crippen MR) is 162 cm³/mol. The molecule has 1 fully saturated rings. The monoisotopic (exact) mass is 635 g/mol. The summed E-state index contributed by atoms with van der Waals surface area (Å²) in [6, 6.07) is 17.1. The summed E-state index contributed by atoms with van der Waals surface area (Å²) in [5.41, 5.74) is 3.09. The molecule has 3 heterocycles. The molecule has 10 nitrogen and oxygen atoms in total. The van der Waals surface area contributed by atoms with Crippen LogP contribution in [0.15, 0.2) is 54.6 Å². The zero-order valence-electron chi connectivity index (χ0n) is 24.8. The van der Waals surface area contributed by atoms with Crippen LogP contribution in [0, 0.1) is 0 Å². The van der Waals surface area contributed by atoms with E-state index in [-0.39, 0.29) is 23.6 Å². The number of hydrogen-bond donors (Lipinski definition) is 0. The van der Waals surface area contributed by atoms with Crippen LogP contribution < -0.4 is 9.38 Å². The first-order valence-electron chi connectivity index (χ1n) is 14.1. The third-order valence-corrected chi connectivity index (χ3v) is 9.87. The Morgan fingerprint density at radius 3 is 2.21 bits per heavy atom. The molecule has 0 N–H and O–H groups in total.